The number of rotatable bonds is 1. The molecule has 4 nitrogen and oxygen atoms in total. The van der Waals surface area contributed by atoms with Gasteiger partial charge in [0.25, 0.3) is 0 Å². The molecular weight excluding hydrogens is 200 g/mol. The third kappa shape index (κ3) is 1.29. The third-order valence-corrected chi connectivity index (χ3v) is 3.67. The second kappa shape index (κ2) is 3.47. The summed E-state index contributed by atoms with van der Waals surface area (Å²) >= 11 is 0. The molecule has 1 aliphatic rings. The standard InChI is InChI=1S/C12H16N4/c1-8-3-2-4-10(8)16-11-5-6-14-7-9(11)15-12(16)13/h5-8,10H,2-4H2,1H3,(H2,13,15). The lowest BCUT2D eigenvalue weighted by atomic mass is 10.1. The molecule has 3 rings (SSSR count). The number of pyridine rings is 1. The van der Waals surface area contributed by atoms with Crippen molar-refractivity contribution in [2.24, 2.45) is 5.92 Å². The van der Waals surface area contributed by atoms with Crippen LogP contribution in [0.25, 0.3) is 11.0 Å². The van der Waals surface area contributed by atoms with Crippen LogP contribution in [-0.4, -0.2) is 14.5 Å². The molecule has 2 aromatic heterocycles. The minimum Gasteiger partial charge on any atom is -0.369 e. The summed E-state index contributed by atoms with van der Waals surface area (Å²) in [5.41, 5.74) is 8.04. The lowest BCUT2D eigenvalue weighted by molar-refractivity contribution is 0.421. The topological polar surface area (TPSA) is 56.7 Å². The van der Waals surface area contributed by atoms with Crippen molar-refractivity contribution in [2.45, 2.75) is 32.2 Å². The van der Waals surface area contributed by atoms with Crippen LogP contribution in [0.2, 0.25) is 0 Å². The van der Waals surface area contributed by atoms with E-state index in [2.05, 4.69) is 21.5 Å². The molecule has 2 N–H and O–H groups in total. The molecule has 1 aliphatic carbocycles. The van der Waals surface area contributed by atoms with Crippen LogP contribution in [0, 0.1) is 5.92 Å². The monoisotopic (exact) mass is 216 g/mol. The summed E-state index contributed by atoms with van der Waals surface area (Å²) in [4.78, 5) is 8.45. The Morgan fingerprint density at radius 3 is 3.06 bits per heavy atom. The van der Waals surface area contributed by atoms with Gasteiger partial charge in [0.1, 0.15) is 5.52 Å². The molecule has 0 aliphatic heterocycles. The molecule has 0 aromatic carbocycles. The second-order valence-corrected chi connectivity index (χ2v) is 4.68. The predicted octanol–water partition coefficient (Wildman–Crippen LogP) is 2.37. The highest BCUT2D eigenvalue weighted by Gasteiger charge is 2.27. The summed E-state index contributed by atoms with van der Waals surface area (Å²) < 4.78 is 2.19. The van der Waals surface area contributed by atoms with Gasteiger partial charge in [-0.15, -0.1) is 0 Å². The summed E-state index contributed by atoms with van der Waals surface area (Å²) in [5.74, 6) is 1.31. The Morgan fingerprint density at radius 1 is 1.44 bits per heavy atom. The Morgan fingerprint density at radius 2 is 2.31 bits per heavy atom. The van der Waals surface area contributed by atoms with Crippen molar-refractivity contribution >= 4 is 17.0 Å². The van der Waals surface area contributed by atoms with E-state index in [0.29, 0.717) is 17.9 Å². The maximum atomic E-state index is 6.02. The fourth-order valence-electron chi connectivity index (χ4n) is 2.83. The SMILES string of the molecule is CC1CCCC1n1c(N)nc2cnccc21. The zero-order valence-electron chi connectivity index (χ0n) is 9.43. The fourth-order valence-corrected chi connectivity index (χ4v) is 2.83. The largest absolute Gasteiger partial charge is 0.369 e. The van der Waals surface area contributed by atoms with Crippen LogP contribution >= 0.6 is 0 Å². The third-order valence-electron chi connectivity index (χ3n) is 3.67. The summed E-state index contributed by atoms with van der Waals surface area (Å²) in [6.45, 7) is 2.30. The molecule has 0 spiro atoms. The minimum atomic E-state index is 0.507. The first-order valence-electron chi connectivity index (χ1n) is 5.85. The van der Waals surface area contributed by atoms with E-state index >= 15 is 0 Å². The molecule has 4 heteroatoms. The molecule has 2 unspecified atom stereocenters. The number of aromatic nitrogens is 3. The van der Waals surface area contributed by atoms with Gasteiger partial charge in [-0.3, -0.25) is 4.98 Å². The first-order valence-corrected chi connectivity index (χ1v) is 5.85. The van der Waals surface area contributed by atoms with Gasteiger partial charge in [0, 0.05) is 12.2 Å². The highest BCUT2D eigenvalue weighted by Crippen LogP contribution is 2.38. The van der Waals surface area contributed by atoms with Crippen molar-refractivity contribution in [2.75, 3.05) is 5.73 Å². The molecule has 0 bridgehead atoms. The van der Waals surface area contributed by atoms with Gasteiger partial charge in [-0.25, -0.2) is 4.98 Å². The molecule has 0 saturated heterocycles. The van der Waals surface area contributed by atoms with Crippen LogP contribution in [0.15, 0.2) is 18.5 Å². The molecule has 16 heavy (non-hydrogen) atoms. The van der Waals surface area contributed by atoms with Crippen molar-refractivity contribution in [1.29, 1.82) is 0 Å². The molecule has 0 amide bonds. The minimum absolute atomic E-state index is 0.507. The highest BCUT2D eigenvalue weighted by molar-refractivity contribution is 5.77. The second-order valence-electron chi connectivity index (χ2n) is 4.68. The lowest BCUT2D eigenvalue weighted by Crippen LogP contribution is -2.14. The maximum absolute atomic E-state index is 6.02. The van der Waals surface area contributed by atoms with Crippen molar-refractivity contribution in [3.05, 3.63) is 18.5 Å². The number of imidazole rings is 1. The molecule has 1 saturated carbocycles. The van der Waals surface area contributed by atoms with E-state index in [1.807, 2.05) is 6.07 Å². The van der Waals surface area contributed by atoms with E-state index in [1.54, 1.807) is 12.4 Å². The zero-order valence-corrected chi connectivity index (χ0v) is 9.43. The number of fused-ring (bicyclic) bond motifs is 1. The lowest BCUT2D eigenvalue weighted by Gasteiger charge is -2.19. The fraction of sp³-hybridized carbons (Fsp3) is 0.500. The van der Waals surface area contributed by atoms with Gasteiger partial charge in [0.2, 0.25) is 5.95 Å². The first kappa shape index (κ1) is 9.63. The predicted molar refractivity (Wildman–Crippen MR) is 64.0 cm³/mol. The van der Waals surface area contributed by atoms with Crippen LogP contribution in [-0.2, 0) is 0 Å². The number of nitrogens with two attached hydrogens (primary N) is 1. The number of nitrogens with zero attached hydrogens (tertiary/aromatic N) is 3. The number of anilines is 1. The van der Waals surface area contributed by atoms with Crippen molar-refractivity contribution in [3.8, 4) is 0 Å². The number of hydrogen-bond acceptors (Lipinski definition) is 3. The maximum Gasteiger partial charge on any atom is 0.201 e. The summed E-state index contributed by atoms with van der Waals surface area (Å²) in [7, 11) is 0. The Labute approximate surface area is 94.5 Å². The van der Waals surface area contributed by atoms with E-state index < -0.39 is 0 Å². The Balaban J connectivity index is 2.18. The first-order chi connectivity index (χ1) is 7.77. The Kier molecular flexibility index (Phi) is 2.09. The van der Waals surface area contributed by atoms with Crippen LogP contribution in [0.5, 0.6) is 0 Å². The van der Waals surface area contributed by atoms with Gasteiger partial charge in [0.05, 0.1) is 11.7 Å². The molecule has 2 aromatic rings. The van der Waals surface area contributed by atoms with Gasteiger partial charge >= 0.3 is 0 Å². The number of hydrogen-bond donors (Lipinski definition) is 1. The van der Waals surface area contributed by atoms with E-state index in [4.69, 9.17) is 5.73 Å². The van der Waals surface area contributed by atoms with Crippen molar-refractivity contribution in [3.63, 3.8) is 0 Å². The van der Waals surface area contributed by atoms with Crippen molar-refractivity contribution in [1.82, 2.24) is 14.5 Å². The van der Waals surface area contributed by atoms with Gasteiger partial charge < -0.3 is 10.3 Å². The average Bonchev–Trinajstić information content (AvgIpc) is 2.81. The molecular formula is C12H16N4. The van der Waals surface area contributed by atoms with Crippen LogP contribution in [0.4, 0.5) is 5.95 Å². The summed E-state index contributed by atoms with van der Waals surface area (Å²) in [6.07, 6.45) is 7.37. The average molecular weight is 216 g/mol. The molecule has 2 atom stereocenters. The van der Waals surface area contributed by atoms with E-state index in [9.17, 15) is 0 Å². The molecule has 1 fully saturated rings. The van der Waals surface area contributed by atoms with Crippen LogP contribution in [0.3, 0.4) is 0 Å². The summed E-state index contributed by atoms with van der Waals surface area (Å²) in [6, 6.07) is 2.51. The molecule has 84 valence electrons. The van der Waals surface area contributed by atoms with Crippen LogP contribution in [0.1, 0.15) is 32.2 Å². The van der Waals surface area contributed by atoms with E-state index in [0.717, 1.165) is 11.0 Å². The Bertz CT molecular complexity index is 517. The van der Waals surface area contributed by atoms with Gasteiger partial charge in [-0.2, -0.15) is 0 Å². The van der Waals surface area contributed by atoms with Gasteiger partial charge in [-0.05, 0) is 24.8 Å². The van der Waals surface area contributed by atoms with Crippen molar-refractivity contribution < 1.29 is 0 Å². The quantitative estimate of drug-likeness (QED) is 0.796. The molecule has 2 heterocycles. The highest BCUT2D eigenvalue weighted by atomic mass is 15.2. The van der Waals surface area contributed by atoms with Crippen LogP contribution < -0.4 is 5.73 Å². The van der Waals surface area contributed by atoms with Gasteiger partial charge in [0.15, 0.2) is 0 Å². The smallest absolute Gasteiger partial charge is 0.201 e. The summed E-state index contributed by atoms with van der Waals surface area (Å²) in [5, 5.41) is 0. The molecule has 0 radical (unpaired) electrons. The van der Waals surface area contributed by atoms with E-state index in [1.165, 1.54) is 19.3 Å². The van der Waals surface area contributed by atoms with Gasteiger partial charge in [-0.1, -0.05) is 13.3 Å². The zero-order chi connectivity index (χ0) is 11.1. The number of nitrogen functional groups attached to an aromatic ring is 1. The van der Waals surface area contributed by atoms with E-state index in [-0.39, 0.29) is 0 Å². The normalized spacial score (nSPS) is 25.3. The Hall–Kier alpha value is -1.58.